The monoisotopic (exact) mass is 378 g/mol. The van der Waals surface area contributed by atoms with Crippen LogP contribution < -0.4 is 4.72 Å². The molecule has 112 valence electrons. The first-order valence-corrected chi connectivity index (χ1v) is 10.0. The van der Waals surface area contributed by atoms with E-state index in [2.05, 4.69) is 32.6 Å². The van der Waals surface area contributed by atoms with Crippen LogP contribution in [0.2, 0.25) is 0 Å². The summed E-state index contributed by atoms with van der Waals surface area (Å²) in [6, 6.07) is 4.58. The Morgan fingerprint density at radius 3 is 2.50 bits per heavy atom. The van der Waals surface area contributed by atoms with Gasteiger partial charge in [-0.3, -0.25) is 0 Å². The van der Waals surface area contributed by atoms with Crippen LogP contribution >= 0.6 is 27.3 Å². The predicted octanol–water partition coefficient (Wildman–Crippen LogP) is 2.80. The Hall–Kier alpha value is 0.0500. The number of fused-ring (bicyclic) bond motifs is 2. The number of nitrogens with one attached hydrogen (secondary N) is 1. The number of rotatable bonds is 3. The van der Waals surface area contributed by atoms with Crippen molar-refractivity contribution in [3.05, 3.63) is 15.9 Å². The Kier molecular flexibility index (Phi) is 4.25. The van der Waals surface area contributed by atoms with E-state index in [-0.39, 0.29) is 6.04 Å². The minimum Gasteiger partial charge on any atom is -0.300 e. The maximum Gasteiger partial charge on any atom is 0.250 e. The number of halogens is 1. The number of nitrogens with zero attached hydrogens (tertiary/aromatic N) is 1. The molecule has 3 heterocycles. The van der Waals surface area contributed by atoms with Crippen molar-refractivity contribution in [2.45, 2.75) is 54.4 Å². The maximum atomic E-state index is 12.4. The topological polar surface area (TPSA) is 49.4 Å². The third kappa shape index (κ3) is 2.97. The summed E-state index contributed by atoms with van der Waals surface area (Å²) in [5.74, 6) is 0. The lowest BCUT2D eigenvalue weighted by molar-refractivity contribution is 0.0536. The largest absolute Gasteiger partial charge is 0.300 e. The molecule has 2 unspecified atom stereocenters. The van der Waals surface area contributed by atoms with Crippen LogP contribution in [0.3, 0.4) is 0 Å². The van der Waals surface area contributed by atoms with Gasteiger partial charge in [0.15, 0.2) is 0 Å². The Morgan fingerprint density at radius 1 is 1.30 bits per heavy atom. The average molecular weight is 379 g/mol. The summed E-state index contributed by atoms with van der Waals surface area (Å²) in [5, 5.41) is 0. The molecule has 2 bridgehead atoms. The first-order valence-electron chi connectivity index (χ1n) is 6.95. The predicted molar refractivity (Wildman–Crippen MR) is 84.6 cm³/mol. The fourth-order valence-electron chi connectivity index (χ4n) is 3.43. The first kappa shape index (κ1) is 15.0. The fourth-order valence-corrected chi connectivity index (χ4v) is 6.72. The molecular formula is C13H19BrN2O2S2. The van der Waals surface area contributed by atoms with Crippen molar-refractivity contribution >= 4 is 37.3 Å². The van der Waals surface area contributed by atoms with Crippen molar-refractivity contribution < 1.29 is 8.42 Å². The number of thiophene rings is 1. The van der Waals surface area contributed by atoms with Crippen molar-refractivity contribution in [2.24, 2.45) is 0 Å². The summed E-state index contributed by atoms with van der Waals surface area (Å²) >= 11 is 4.58. The Morgan fingerprint density at radius 2 is 1.95 bits per heavy atom. The van der Waals surface area contributed by atoms with Crippen LogP contribution in [0, 0.1) is 0 Å². The number of hydrogen-bond donors (Lipinski definition) is 1. The van der Waals surface area contributed by atoms with Crippen molar-refractivity contribution in [3.63, 3.8) is 0 Å². The van der Waals surface area contributed by atoms with Gasteiger partial charge < -0.3 is 4.90 Å². The van der Waals surface area contributed by atoms with E-state index in [0.717, 1.165) is 16.6 Å². The van der Waals surface area contributed by atoms with Gasteiger partial charge in [-0.15, -0.1) is 11.3 Å². The van der Waals surface area contributed by atoms with E-state index in [1.165, 1.54) is 30.6 Å². The summed E-state index contributed by atoms with van der Waals surface area (Å²) < 4.78 is 28.9. The average Bonchev–Trinajstić information content (AvgIpc) is 2.78. The highest BCUT2D eigenvalue weighted by Gasteiger charge is 2.37. The van der Waals surface area contributed by atoms with Crippen molar-refractivity contribution in [2.75, 3.05) is 7.05 Å². The number of sulfonamides is 1. The molecule has 1 aromatic heterocycles. The van der Waals surface area contributed by atoms with Gasteiger partial charge in [-0.1, -0.05) is 6.42 Å². The van der Waals surface area contributed by atoms with Crippen LogP contribution in [0.5, 0.6) is 0 Å². The number of hydrogen-bond acceptors (Lipinski definition) is 4. The van der Waals surface area contributed by atoms with Crippen molar-refractivity contribution in [1.29, 1.82) is 0 Å². The molecule has 2 saturated heterocycles. The zero-order chi connectivity index (χ0) is 14.3. The van der Waals surface area contributed by atoms with E-state index in [1.807, 2.05) is 0 Å². The SMILES string of the molecule is CN1C2CCCC1CC(NS(=O)(=O)c1ccc(Br)s1)C2. The molecule has 2 aliphatic heterocycles. The van der Waals surface area contributed by atoms with Gasteiger partial charge in [0.25, 0.3) is 0 Å². The van der Waals surface area contributed by atoms with Gasteiger partial charge in [-0.2, -0.15) is 0 Å². The van der Waals surface area contributed by atoms with E-state index >= 15 is 0 Å². The van der Waals surface area contributed by atoms with E-state index < -0.39 is 10.0 Å². The highest BCUT2D eigenvalue weighted by atomic mass is 79.9. The molecule has 7 heteroatoms. The zero-order valence-electron chi connectivity index (χ0n) is 11.4. The third-order valence-corrected chi connectivity index (χ3v) is 8.11. The Labute approximate surface area is 132 Å². The molecule has 1 aromatic rings. The highest BCUT2D eigenvalue weighted by molar-refractivity contribution is 9.11. The van der Waals surface area contributed by atoms with Crippen LogP contribution in [0.1, 0.15) is 32.1 Å². The molecule has 2 aliphatic rings. The quantitative estimate of drug-likeness (QED) is 0.879. The molecule has 0 amide bonds. The van der Waals surface area contributed by atoms with Crippen LogP contribution in [-0.4, -0.2) is 38.5 Å². The third-order valence-electron chi connectivity index (χ3n) is 4.48. The summed E-state index contributed by atoms with van der Waals surface area (Å²) in [6.07, 6.45) is 5.51. The molecule has 0 aliphatic carbocycles. The molecule has 0 aromatic carbocycles. The normalized spacial score (nSPS) is 31.4. The second-order valence-electron chi connectivity index (χ2n) is 5.75. The first-order chi connectivity index (χ1) is 9.45. The van der Waals surface area contributed by atoms with Gasteiger partial charge in [0.2, 0.25) is 10.0 Å². The Bertz CT molecular complexity index is 573. The van der Waals surface area contributed by atoms with Crippen LogP contribution in [-0.2, 0) is 10.0 Å². The van der Waals surface area contributed by atoms with E-state index in [9.17, 15) is 8.42 Å². The van der Waals surface area contributed by atoms with E-state index in [1.54, 1.807) is 12.1 Å². The smallest absolute Gasteiger partial charge is 0.250 e. The van der Waals surface area contributed by atoms with Gasteiger partial charge in [-0.25, -0.2) is 13.1 Å². The molecule has 1 N–H and O–H groups in total. The minimum atomic E-state index is -3.37. The van der Waals surface area contributed by atoms with Crippen molar-refractivity contribution in [3.8, 4) is 0 Å². The summed E-state index contributed by atoms with van der Waals surface area (Å²) in [7, 11) is -1.19. The van der Waals surface area contributed by atoms with Gasteiger partial charge in [-0.05, 0) is 60.8 Å². The molecule has 20 heavy (non-hydrogen) atoms. The van der Waals surface area contributed by atoms with E-state index in [0.29, 0.717) is 16.3 Å². The molecule has 0 radical (unpaired) electrons. The highest BCUT2D eigenvalue weighted by Crippen LogP contribution is 2.34. The van der Waals surface area contributed by atoms with Crippen LogP contribution in [0.15, 0.2) is 20.1 Å². The standard InChI is InChI=1S/C13H19BrN2O2S2/c1-16-10-3-2-4-11(16)8-9(7-10)15-20(17,18)13-6-5-12(14)19-13/h5-6,9-11,15H,2-4,7-8H2,1H3. The molecule has 0 spiro atoms. The lowest BCUT2D eigenvalue weighted by atomic mass is 9.83. The summed E-state index contributed by atoms with van der Waals surface area (Å²) in [5.41, 5.74) is 0. The molecule has 4 nitrogen and oxygen atoms in total. The minimum absolute atomic E-state index is 0.0763. The van der Waals surface area contributed by atoms with Crippen LogP contribution in [0.25, 0.3) is 0 Å². The van der Waals surface area contributed by atoms with E-state index in [4.69, 9.17) is 0 Å². The summed E-state index contributed by atoms with van der Waals surface area (Å²) in [6.45, 7) is 0. The zero-order valence-corrected chi connectivity index (χ0v) is 14.6. The molecular weight excluding hydrogens is 360 g/mol. The maximum absolute atomic E-state index is 12.4. The molecule has 2 atom stereocenters. The van der Waals surface area contributed by atoms with Crippen molar-refractivity contribution in [1.82, 2.24) is 9.62 Å². The number of piperidine rings is 2. The van der Waals surface area contributed by atoms with Gasteiger partial charge >= 0.3 is 0 Å². The van der Waals surface area contributed by atoms with Gasteiger partial charge in [0.05, 0.1) is 3.79 Å². The summed E-state index contributed by atoms with van der Waals surface area (Å²) in [4.78, 5) is 2.44. The van der Waals surface area contributed by atoms with Crippen LogP contribution in [0.4, 0.5) is 0 Å². The molecule has 0 saturated carbocycles. The second kappa shape index (κ2) is 5.68. The molecule has 2 fully saturated rings. The second-order valence-corrected chi connectivity index (χ2v) is 10.2. The lowest BCUT2D eigenvalue weighted by Crippen LogP contribution is -2.55. The van der Waals surface area contributed by atoms with Gasteiger partial charge in [0.1, 0.15) is 4.21 Å². The lowest BCUT2D eigenvalue weighted by Gasteiger charge is -2.47. The van der Waals surface area contributed by atoms with Gasteiger partial charge in [0, 0.05) is 18.1 Å². The fraction of sp³-hybridized carbons (Fsp3) is 0.692. The molecule has 3 rings (SSSR count). The Balaban J connectivity index is 1.72.